The van der Waals surface area contributed by atoms with E-state index in [1.165, 1.54) is 29.2 Å². The van der Waals surface area contributed by atoms with E-state index in [2.05, 4.69) is 16.9 Å². The van der Waals surface area contributed by atoms with Gasteiger partial charge in [0.05, 0.1) is 23.1 Å². The Morgan fingerprint density at radius 2 is 1.94 bits per heavy atom. The lowest BCUT2D eigenvalue weighted by molar-refractivity contribution is -0.127. The highest BCUT2D eigenvalue weighted by molar-refractivity contribution is 8.01. The number of hydrogen-bond donors (Lipinski definition) is 1. The van der Waals surface area contributed by atoms with E-state index in [9.17, 15) is 14.4 Å². The number of rotatable bonds is 7. The Bertz CT molecular complexity index is 1030. The van der Waals surface area contributed by atoms with Crippen LogP contribution in [-0.4, -0.2) is 65.8 Å². The number of aromatic nitrogens is 1. The summed E-state index contributed by atoms with van der Waals surface area (Å²) >= 11 is 2.87. The van der Waals surface area contributed by atoms with Gasteiger partial charge in [0.2, 0.25) is 11.8 Å². The van der Waals surface area contributed by atoms with Gasteiger partial charge >= 0.3 is 0 Å². The molecule has 1 aliphatic heterocycles. The normalized spacial score (nSPS) is 13.6. The molecule has 1 saturated heterocycles. The first-order valence-electron chi connectivity index (χ1n) is 10.2. The molecule has 3 rings (SSSR count). The fourth-order valence-electron chi connectivity index (χ4n) is 3.22. The molecule has 0 atom stereocenters. The number of amides is 3. The van der Waals surface area contributed by atoms with Crippen LogP contribution in [0.1, 0.15) is 29.3 Å². The summed E-state index contributed by atoms with van der Waals surface area (Å²) in [4.78, 5) is 45.2. The zero-order chi connectivity index (χ0) is 23.3. The Morgan fingerprint density at radius 3 is 2.56 bits per heavy atom. The maximum absolute atomic E-state index is 13.3. The first kappa shape index (κ1) is 23.8. The van der Waals surface area contributed by atoms with E-state index in [1.807, 2.05) is 19.1 Å². The standard InChI is InChI=1S/C22H26N4O4S2/c1-5-18(27)24-22-23-13-20(32-22)31-17-12-15(16(30-4)11-14(17)3)21(29)26-9-7-25(8-10-26)19(28)6-2/h6,11-13H,2,5,7-10H2,1,3-4H3,(H,23,24,27). The number of ether oxygens (including phenoxy) is 1. The number of anilines is 1. The number of aryl methyl sites for hydroxylation is 1. The van der Waals surface area contributed by atoms with Gasteiger partial charge in [-0.1, -0.05) is 36.6 Å². The zero-order valence-corrected chi connectivity index (χ0v) is 20.0. The number of carbonyl (C=O) groups is 3. The second-order valence-corrected chi connectivity index (χ2v) is 9.50. The van der Waals surface area contributed by atoms with Crippen molar-refractivity contribution in [2.24, 2.45) is 0 Å². The van der Waals surface area contributed by atoms with Crippen LogP contribution in [0.3, 0.4) is 0 Å². The molecule has 1 aliphatic rings. The van der Waals surface area contributed by atoms with E-state index in [-0.39, 0.29) is 17.7 Å². The first-order valence-corrected chi connectivity index (χ1v) is 11.8. The summed E-state index contributed by atoms with van der Waals surface area (Å²) in [6.45, 7) is 9.11. The molecule has 10 heteroatoms. The van der Waals surface area contributed by atoms with Crippen molar-refractivity contribution in [1.29, 1.82) is 0 Å². The molecule has 2 aromatic rings. The Hall–Kier alpha value is -2.85. The highest BCUT2D eigenvalue weighted by Gasteiger charge is 2.26. The molecule has 0 radical (unpaired) electrons. The Balaban J connectivity index is 1.78. The average Bonchev–Trinajstić information content (AvgIpc) is 3.25. The van der Waals surface area contributed by atoms with Crippen molar-refractivity contribution in [3.05, 3.63) is 42.1 Å². The molecule has 1 fully saturated rings. The third-order valence-corrected chi connectivity index (χ3v) is 7.22. The molecular formula is C22H26N4O4S2. The van der Waals surface area contributed by atoms with Crippen LogP contribution in [0, 0.1) is 6.92 Å². The summed E-state index contributed by atoms with van der Waals surface area (Å²) in [5.74, 6) is 0.179. The Kier molecular flexibility index (Phi) is 7.92. The van der Waals surface area contributed by atoms with Crippen molar-refractivity contribution >= 4 is 46.0 Å². The van der Waals surface area contributed by atoms with Gasteiger partial charge in [0.15, 0.2) is 5.13 Å². The minimum absolute atomic E-state index is 0.0840. The highest BCUT2D eigenvalue weighted by atomic mass is 32.2. The number of thiazole rings is 1. The van der Waals surface area contributed by atoms with Gasteiger partial charge in [-0.25, -0.2) is 4.98 Å². The van der Waals surface area contributed by atoms with Crippen LogP contribution in [0.4, 0.5) is 5.13 Å². The largest absolute Gasteiger partial charge is 0.496 e. The number of carbonyl (C=O) groups excluding carboxylic acids is 3. The van der Waals surface area contributed by atoms with Gasteiger partial charge in [0, 0.05) is 37.5 Å². The predicted molar refractivity (Wildman–Crippen MR) is 126 cm³/mol. The molecule has 170 valence electrons. The molecular weight excluding hydrogens is 448 g/mol. The van der Waals surface area contributed by atoms with E-state index in [1.54, 1.807) is 30.0 Å². The minimum atomic E-state index is -0.130. The summed E-state index contributed by atoms with van der Waals surface area (Å²) in [5, 5.41) is 3.31. The maximum Gasteiger partial charge on any atom is 0.257 e. The maximum atomic E-state index is 13.3. The van der Waals surface area contributed by atoms with Gasteiger partial charge in [-0.3, -0.25) is 14.4 Å². The highest BCUT2D eigenvalue weighted by Crippen LogP contribution is 2.38. The molecule has 1 aromatic carbocycles. The van der Waals surface area contributed by atoms with Crippen LogP contribution in [0.25, 0.3) is 0 Å². The minimum Gasteiger partial charge on any atom is -0.496 e. The second kappa shape index (κ2) is 10.6. The smallest absolute Gasteiger partial charge is 0.257 e. The molecule has 0 unspecified atom stereocenters. The SMILES string of the molecule is C=CC(=O)N1CCN(C(=O)c2cc(Sc3cnc(NC(=O)CC)s3)c(C)cc2OC)CC1. The van der Waals surface area contributed by atoms with E-state index in [4.69, 9.17) is 4.74 Å². The fourth-order valence-corrected chi connectivity index (χ4v) is 5.18. The monoisotopic (exact) mass is 474 g/mol. The number of methoxy groups -OCH3 is 1. The Labute approximate surface area is 195 Å². The summed E-state index contributed by atoms with van der Waals surface area (Å²) in [5.41, 5.74) is 1.45. The molecule has 2 heterocycles. The van der Waals surface area contributed by atoms with E-state index in [0.29, 0.717) is 49.0 Å². The van der Waals surface area contributed by atoms with Crippen LogP contribution in [0.2, 0.25) is 0 Å². The molecule has 3 amide bonds. The quantitative estimate of drug-likeness (QED) is 0.618. The van der Waals surface area contributed by atoms with Crippen LogP contribution in [-0.2, 0) is 9.59 Å². The third-order valence-electron chi connectivity index (χ3n) is 5.04. The molecule has 8 nitrogen and oxygen atoms in total. The van der Waals surface area contributed by atoms with Gasteiger partial charge in [0.25, 0.3) is 5.91 Å². The molecule has 32 heavy (non-hydrogen) atoms. The number of nitrogens with zero attached hydrogens (tertiary/aromatic N) is 3. The van der Waals surface area contributed by atoms with E-state index >= 15 is 0 Å². The van der Waals surface area contributed by atoms with Gasteiger partial charge < -0.3 is 19.9 Å². The lowest BCUT2D eigenvalue weighted by Gasteiger charge is -2.34. The molecule has 0 aliphatic carbocycles. The lowest BCUT2D eigenvalue weighted by atomic mass is 10.1. The lowest BCUT2D eigenvalue weighted by Crippen LogP contribution is -2.50. The summed E-state index contributed by atoms with van der Waals surface area (Å²) < 4.78 is 6.39. The van der Waals surface area contributed by atoms with Crippen LogP contribution < -0.4 is 10.1 Å². The van der Waals surface area contributed by atoms with Crippen molar-refractivity contribution < 1.29 is 19.1 Å². The number of nitrogens with one attached hydrogen (secondary N) is 1. The van der Waals surface area contributed by atoms with E-state index in [0.717, 1.165) is 14.7 Å². The van der Waals surface area contributed by atoms with Crippen molar-refractivity contribution in [2.45, 2.75) is 29.4 Å². The van der Waals surface area contributed by atoms with Crippen molar-refractivity contribution in [3.8, 4) is 5.75 Å². The molecule has 0 bridgehead atoms. The fraction of sp³-hybridized carbons (Fsp3) is 0.364. The average molecular weight is 475 g/mol. The molecule has 0 saturated carbocycles. The number of piperazine rings is 1. The molecule has 0 spiro atoms. The first-order chi connectivity index (χ1) is 15.4. The predicted octanol–water partition coefficient (Wildman–Crippen LogP) is 3.43. The topological polar surface area (TPSA) is 91.8 Å². The Morgan fingerprint density at radius 1 is 1.25 bits per heavy atom. The van der Waals surface area contributed by atoms with Crippen LogP contribution in [0.15, 0.2) is 40.1 Å². The summed E-state index contributed by atoms with van der Waals surface area (Å²) in [6, 6.07) is 3.69. The van der Waals surface area contributed by atoms with Gasteiger partial charge in [0.1, 0.15) is 5.75 Å². The molecule has 1 aromatic heterocycles. The van der Waals surface area contributed by atoms with E-state index < -0.39 is 0 Å². The summed E-state index contributed by atoms with van der Waals surface area (Å²) in [6.07, 6.45) is 3.39. The van der Waals surface area contributed by atoms with Gasteiger partial charge in [-0.05, 0) is 30.7 Å². The van der Waals surface area contributed by atoms with Crippen LogP contribution >= 0.6 is 23.1 Å². The second-order valence-electron chi connectivity index (χ2n) is 7.13. The van der Waals surface area contributed by atoms with Crippen molar-refractivity contribution in [1.82, 2.24) is 14.8 Å². The van der Waals surface area contributed by atoms with Crippen molar-refractivity contribution in [3.63, 3.8) is 0 Å². The van der Waals surface area contributed by atoms with Gasteiger partial charge in [-0.2, -0.15) is 0 Å². The van der Waals surface area contributed by atoms with Gasteiger partial charge in [-0.15, -0.1) is 0 Å². The number of hydrogen-bond acceptors (Lipinski definition) is 7. The zero-order valence-electron chi connectivity index (χ0n) is 18.3. The summed E-state index contributed by atoms with van der Waals surface area (Å²) in [7, 11) is 1.55. The van der Waals surface area contributed by atoms with Crippen LogP contribution in [0.5, 0.6) is 5.75 Å². The third kappa shape index (κ3) is 5.49. The molecule has 1 N–H and O–H groups in total. The van der Waals surface area contributed by atoms with Crippen molar-refractivity contribution in [2.75, 3.05) is 38.6 Å². The number of benzene rings is 1.